The highest BCUT2D eigenvalue weighted by Crippen LogP contribution is 2.35. The molecule has 0 aliphatic heterocycles. The Balaban J connectivity index is 3.07. The van der Waals surface area contributed by atoms with Crippen molar-refractivity contribution < 1.29 is 18.0 Å². The van der Waals surface area contributed by atoms with Crippen LogP contribution >= 0.6 is 0 Å². The molecule has 0 unspecified atom stereocenters. The number of fused-ring (bicyclic) bond motifs is 1. The second-order valence-corrected chi connectivity index (χ2v) is 5.49. The molecule has 0 amide bonds. The van der Waals surface area contributed by atoms with E-state index in [9.17, 15) is 18.0 Å². The smallest absolute Gasteiger partial charge is 0.238 e. The van der Waals surface area contributed by atoms with Crippen LogP contribution in [0, 0.1) is 0 Å². The van der Waals surface area contributed by atoms with Crippen molar-refractivity contribution in [3.63, 3.8) is 0 Å². The van der Waals surface area contributed by atoms with Gasteiger partial charge in [-0.2, -0.15) is 0 Å². The fourth-order valence-corrected chi connectivity index (χ4v) is 2.70. The molecule has 22 heavy (non-hydrogen) atoms. The highest BCUT2D eigenvalue weighted by Gasteiger charge is 2.35. The van der Waals surface area contributed by atoms with E-state index in [0.29, 0.717) is 0 Å². The first kappa shape index (κ1) is 15.2. The second-order valence-electron chi connectivity index (χ2n) is 3.96. The van der Waals surface area contributed by atoms with Gasteiger partial charge in [0.05, 0.1) is 16.3 Å². The number of carbonyl (C=O) groups is 2. The number of rotatable bonds is 3. The molecular weight excluding hydrogens is 314 g/mol. The predicted molar refractivity (Wildman–Crippen MR) is 72.4 cm³/mol. The fourth-order valence-electron chi connectivity index (χ4n) is 1.94. The number of benzene rings is 1. The van der Waals surface area contributed by atoms with Crippen LogP contribution in [0.2, 0.25) is 0 Å². The summed E-state index contributed by atoms with van der Waals surface area (Å²) in [6.07, 6.45) is 0. The Bertz CT molecular complexity index is 949. The molecule has 110 valence electrons. The number of Topliss-reactive ketones (excluding diaryl/α,β-unsaturated/α-hetero) is 2. The summed E-state index contributed by atoms with van der Waals surface area (Å²) in [5.74, 6) is -2.31. The first-order chi connectivity index (χ1) is 10.3. The second kappa shape index (κ2) is 5.31. The third kappa shape index (κ3) is 2.30. The maximum Gasteiger partial charge on any atom is 0.238 e. The number of ketones is 2. The average Bonchev–Trinajstić information content (AvgIpc) is 2.46. The van der Waals surface area contributed by atoms with E-state index in [1.165, 1.54) is 12.1 Å². The van der Waals surface area contributed by atoms with Gasteiger partial charge in [0.1, 0.15) is 0 Å². The predicted octanol–water partition coefficient (Wildman–Crippen LogP) is 1.39. The molecule has 2 N–H and O–H groups in total. The van der Waals surface area contributed by atoms with Gasteiger partial charge in [-0.05, 0) is 17.1 Å². The summed E-state index contributed by atoms with van der Waals surface area (Å²) in [5, 5.41) is 11.3. The molecule has 11 nitrogen and oxygen atoms in total. The number of sulfonamides is 1. The number of hydrogen-bond acceptors (Lipinski definition) is 6. The van der Waals surface area contributed by atoms with E-state index in [-0.39, 0.29) is 11.1 Å². The lowest BCUT2D eigenvalue weighted by Gasteiger charge is -2.18. The van der Waals surface area contributed by atoms with Crippen molar-refractivity contribution in [1.29, 1.82) is 0 Å². The molecule has 0 fully saturated rings. The van der Waals surface area contributed by atoms with E-state index in [1.54, 1.807) is 0 Å². The number of hydrogen-bond donors (Lipinski definition) is 1. The van der Waals surface area contributed by atoms with Gasteiger partial charge in [0.15, 0.2) is 0 Å². The van der Waals surface area contributed by atoms with Crippen LogP contribution in [-0.2, 0) is 14.8 Å². The molecule has 1 aromatic carbocycles. The number of nitrogens with zero attached hydrogens (tertiary/aromatic N) is 6. The van der Waals surface area contributed by atoms with E-state index in [0.717, 1.165) is 6.07 Å². The molecule has 1 aliphatic carbocycles. The summed E-state index contributed by atoms with van der Waals surface area (Å²) in [5.41, 5.74) is 15.0. The summed E-state index contributed by atoms with van der Waals surface area (Å²) < 4.78 is 23.3. The minimum Gasteiger partial charge on any atom is -0.285 e. The van der Waals surface area contributed by atoms with Crippen LogP contribution in [0.25, 0.3) is 26.6 Å². The maximum absolute atomic E-state index is 12.0. The molecule has 0 radical (unpaired) electrons. The molecule has 0 saturated carbocycles. The lowest BCUT2D eigenvalue weighted by Crippen LogP contribution is -2.25. The number of primary sulfonamides is 1. The Morgan fingerprint density at radius 3 is 2.14 bits per heavy atom. The van der Waals surface area contributed by atoms with E-state index in [2.05, 4.69) is 20.1 Å². The molecular formula is C10H5N7O4S. The van der Waals surface area contributed by atoms with E-state index in [4.69, 9.17) is 16.2 Å². The van der Waals surface area contributed by atoms with Gasteiger partial charge in [-0.3, -0.25) is 9.59 Å². The van der Waals surface area contributed by atoms with Crippen molar-refractivity contribution in [2.24, 2.45) is 15.4 Å². The first-order valence-corrected chi connectivity index (χ1v) is 6.97. The molecule has 2 rings (SSSR count). The molecule has 0 atom stereocenters. The van der Waals surface area contributed by atoms with Crippen LogP contribution in [0.3, 0.4) is 0 Å². The highest BCUT2D eigenvalue weighted by atomic mass is 32.2. The average molecular weight is 319 g/mol. The minimum atomic E-state index is -4.29. The summed E-state index contributed by atoms with van der Waals surface area (Å²) >= 11 is 0. The number of carbonyl (C=O) groups excluding carboxylic acids is 2. The van der Waals surface area contributed by atoms with E-state index in [1.807, 2.05) is 0 Å². The van der Waals surface area contributed by atoms with Crippen molar-refractivity contribution in [2.75, 3.05) is 0 Å². The topological polar surface area (TPSA) is 192 Å². The summed E-state index contributed by atoms with van der Waals surface area (Å²) in [6, 6.07) is 3.44. The Morgan fingerprint density at radius 2 is 1.59 bits per heavy atom. The molecule has 0 heterocycles. The Hall–Kier alpha value is -3.17. The summed E-state index contributed by atoms with van der Waals surface area (Å²) in [7, 11) is -4.29. The van der Waals surface area contributed by atoms with Gasteiger partial charge in [-0.15, -0.1) is 0 Å². The van der Waals surface area contributed by atoms with E-state index >= 15 is 0 Å². The first-order valence-electron chi connectivity index (χ1n) is 5.42. The maximum atomic E-state index is 12.0. The minimum absolute atomic E-state index is 0.309. The fraction of sp³-hybridized carbons (Fsp3) is 0. The van der Waals surface area contributed by atoms with Crippen molar-refractivity contribution in [3.05, 3.63) is 55.9 Å². The number of nitrogens with two attached hydrogens (primary N) is 1. The van der Waals surface area contributed by atoms with Gasteiger partial charge in [0, 0.05) is 21.0 Å². The van der Waals surface area contributed by atoms with Crippen LogP contribution in [0.4, 0.5) is 0 Å². The Morgan fingerprint density at radius 1 is 1.00 bits per heavy atom. The molecule has 1 aromatic rings. The summed E-state index contributed by atoms with van der Waals surface area (Å²) in [6.45, 7) is 0. The van der Waals surface area contributed by atoms with Gasteiger partial charge < -0.3 is 0 Å². The van der Waals surface area contributed by atoms with Gasteiger partial charge in [-0.1, -0.05) is 22.4 Å². The third-order valence-electron chi connectivity index (χ3n) is 2.75. The van der Waals surface area contributed by atoms with Crippen molar-refractivity contribution >= 4 is 27.3 Å². The van der Waals surface area contributed by atoms with Crippen molar-refractivity contribution in [2.45, 2.75) is 4.90 Å². The van der Waals surface area contributed by atoms with Gasteiger partial charge in [0.2, 0.25) is 21.6 Å². The molecule has 0 aromatic heterocycles. The van der Waals surface area contributed by atoms with Crippen LogP contribution in [0.15, 0.2) is 39.0 Å². The Labute approximate surface area is 122 Å². The highest BCUT2D eigenvalue weighted by molar-refractivity contribution is 7.89. The molecule has 0 bridgehead atoms. The zero-order valence-corrected chi connectivity index (χ0v) is 11.4. The summed E-state index contributed by atoms with van der Waals surface area (Å²) in [4.78, 5) is 28.2. The molecule has 0 spiro atoms. The normalized spacial score (nSPS) is 14.0. The van der Waals surface area contributed by atoms with Gasteiger partial charge in [-0.25, -0.2) is 13.6 Å². The Kier molecular flexibility index (Phi) is 3.68. The van der Waals surface area contributed by atoms with E-state index < -0.39 is 37.9 Å². The third-order valence-corrected chi connectivity index (χ3v) is 3.70. The van der Waals surface area contributed by atoms with Crippen LogP contribution < -0.4 is 5.14 Å². The van der Waals surface area contributed by atoms with Crippen molar-refractivity contribution in [3.8, 4) is 0 Å². The van der Waals surface area contributed by atoms with Gasteiger partial charge >= 0.3 is 0 Å². The number of allylic oxidation sites excluding steroid dienone is 1. The quantitative estimate of drug-likeness (QED) is 0.381. The monoisotopic (exact) mass is 319 g/mol. The SMILES string of the molecule is [N-]=[N+]=NC1=C(N=[N+]=[N-])c2c(cccc2S(N)(=O)=O)C(=O)C1=O. The van der Waals surface area contributed by atoms with Gasteiger partial charge in [0.25, 0.3) is 0 Å². The van der Waals surface area contributed by atoms with Crippen molar-refractivity contribution in [1.82, 2.24) is 0 Å². The van der Waals surface area contributed by atoms with Crippen LogP contribution in [-0.4, -0.2) is 20.0 Å². The standard InChI is InChI=1S/C10H5N7O4S/c11-16-14-7-6-4(2-1-3-5(6)22(13,20)21)9(18)10(19)8(7)15-17-12/h1-3H,(H2,13,20,21). The lowest BCUT2D eigenvalue weighted by atomic mass is 9.91. The molecule has 1 aliphatic rings. The van der Waals surface area contributed by atoms with Crippen LogP contribution in [0.1, 0.15) is 15.9 Å². The zero-order valence-electron chi connectivity index (χ0n) is 10.5. The molecule has 0 saturated heterocycles. The lowest BCUT2D eigenvalue weighted by molar-refractivity contribution is -0.111. The number of azide groups is 2. The largest absolute Gasteiger partial charge is 0.285 e. The van der Waals surface area contributed by atoms with Crippen LogP contribution in [0.5, 0.6) is 0 Å². The zero-order chi connectivity index (χ0) is 16.5. The molecule has 12 heteroatoms.